The van der Waals surface area contributed by atoms with Gasteiger partial charge in [-0.1, -0.05) is 0 Å². The summed E-state index contributed by atoms with van der Waals surface area (Å²) in [5.41, 5.74) is -0.874. The average Bonchev–Trinajstić information content (AvgIpc) is 2.26. The van der Waals surface area contributed by atoms with Crippen molar-refractivity contribution in [2.75, 3.05) is 13.1 Å². The molecule has 7 heteroatoms. The van der Waals surface area contributed by atoms with Crippen LogP contribution in [0, 0.1) is 5.41 Å². The van der Waals surface area contributed by atoms with Gasteiger partial charge in [0.2, 0.25) is 5.91 Å². The first-order chi connectivity index (χ1) is 8.14. The number of hydrogen-bond donors (Lipinski definition) is 1. The van der Waals surface area contributed by atoms with Crippen molar-refractivity contribution in [2.45, 2.75) is 38.8 Å². The van der Waals surface area contributed by atoms with Gasteiger partial charge in [-0.3, -0.25) is 9.59 Å². The Morgan fingerprint density at radius 1 is 1.28 bits per heavy atom. The molecular formula is C11H16F3NO3. The molecule has 1 aliphatic rings. The highest BCUT2D eigenvalue weighted by atomic mass is 19.4. The smallest absolute Gasteiger partial charge is 0.389 e. The van der Waals surface area contributed by atoms with Gasteiger partial charge < -0.3 is 10.0 Å². The third-order valence-corrected chi connectivity index (χ3v) is 3.36. The van der Waals surface area contributed by atoms with Gasteiger partial charge in [0.25, 0.3) is 0 Å². The van der Waals surface area contributed by atoms with E-state index in [9.17, 15) is 22.8 Å². The zero-order valence-corrected chi connectivity index (χ0v) is 10.1. The predicted octanol–water partition coefficient (Wildman–Crippen LogP) is 2.04. The first-order valence-electron chi connectivity index (χ1n) is 5.72. The molecule has 0 aromatic heterocycles. The molecular weight excluding hydrogens is 251 g/mol. The maximum Gasteiger partial charge on any atom is 0.389 e. The summed E-state index contributed by atoms with van der Waals surface area (Å²) in [7, 11) is 0. The number of halogens is 3. The SMILES string of the molecule is CC1(C(=O)O)CCN(C(=O)CCC(F)(F)F)CC1. The molecule has 1 aliphatic heterocycles. The fourth-order valence-electron chi connectivity index (χ4n) is 1.87. The van der Waals surface area contributed by atoms with E-state index in [0.29, 0.717) is 0 Å². The van der Waals surface area contributed by atoms with Gasteiger partial charge in [0, 0.05) is 19.5 Å². The van der Waals surface area contributed by atoms with Gasteiger partial charge in [-0.2, -0.15) is 13.2 Å². The summed E-state index contributed by atoms with van der Waals surface area (Å²) in [6.45, 7) is 2.01. The van der Waals surface area contributed by atoms with E-state index in [4.69, 9.17) is 5.11 Å². The molecule has 0 aromatic rings. The maximum absolute atomic E-state index is 12.0. The van der Waals surface area contributed by atoms with Crippen LogP contribution in [0.5, 0.6) is 0 Å². The summed E-state index contributed by atoms with van der Waals surface area (Å²) in [5, 5.41) is 8.98. The van der Waals surface area contributed by atoms with Gasteiger partial charge in [0.05, 0.1) is 11.8 Å². The van der Waals surface area contributed by atoms with Crippen LogP contribution in [0.2, 0.25) is 0 Å². The van der Waals surface area contributed by atoms with Crippen LogP contribution in [0.4, 0.5) is 13.2 Å². The number of likely N-dealkylation sites (tertiary alicyclic amines) is 1. The van der Waals surface area contributed by atoms with Gasteiger partial charge in [0.15, 0.2) is 0 Å². The minimum Gasteiger partial charge on any atom is -0.481 e. The fraction of sp³-hybridized carbons (Fsp3) is 0.818. The van der Waals surface area contributed by atoms with Crippen molar-refractivity contribution >= 4 is 11.9 Å². The zero-order valence-electron chi connectivity index (χ0n) is 10.1. The van der Waals surface area contributed by atoms with Gasteiger partial charge >= 0.3 is 12.1 Å². The highest BCUT2D eigenvalue weighted by Gasteiger charge is 2.38. The second-order valence-corrected chi connectivity index (χ2v) is 4.86. The Morgan fingerprint density at radius 2 is 1.78 bits per heavy atom. The van der Waals surface area contributed by atoms with E-state index in [-0.39, 0.29) is 25.9 Å². The molecule has 1 heterocycles. The molecule has 4 nitrogen and oxygen atoms in total. The molecule has 1 fully saturated rings. The van der Waals surface area contributed by atoms with Gasteiger partial charge in [0.1, 0.15) is 0 Å². The van der Waals surface area contributed by atoms with Crippen molar-refractivity contribution in [1.29, 1.82) is 0 Å². The maximum atomic E-state index is 12.0. The number of carbonyl (C=O) groups excluding carboxylic acids is 1. The molecule has 0 bridgehead atoms. The number of piperidine rings is 1. The third-order valence-electron chi connectivity index (χ3n) is 3.36. The summed E-state index contributed by atoms with van der Waals surface area (Å²) in [6, 6.07) is 0. The monoisotopic (exact) mass is 267 g/mol. The number of amides is 1. The van der Waals surface area contributed by atoms with E-state index in [1.807, 2.05) is 0 Å². The van der Waals surface area contributed by atoms with Crippen LogP contribution in [0.15, 0.2) is 0 Å². The fourth-order valence-corrected chi connectivity index (χ4v) is 1.87. The molecule has 1 saturated heterocycles. The molecule has 0 atom stereocenters. The van der Waals surface area contributed by atoms with Crippen molar-refractivity contribution in [1.82, 2.24) is 4.90 Å². The highest BCUT2D eigenvalue weighted by Crippen LogP contribution is 2.31. The van der Waals surface area contributed by atoms with Crippen molar-refractivity contribution in [3.63, 3.8) is 0 Å². The van der Waals surface area contributed by atoms with E-state index in [1.54, 1.807) is 6.92 Å². The number of aliphatic carboxylic acids is 1. The van der Waals surface area contributed by atoms with Crippen LogP contribution in [-0.4, -0.2) is 41.1 Å². The lowest BCUT2D eigenvalue weighted by molar-refractivity contribution is -0.155. The highest BCUT2D eigenvalue weighted by molar-refractivity contribution is 5.78. The number of carboxylic acid groups (broad SMARTS) is 1. The number of hydrogen-bond acceptors (Lipinski definition) is 2. The molecule has 0 saturated carbocycles. The summed E-state index contributed by atoms with van der Waals surface area (Å²) < 4.78 is 35.9. The van der Waals surface area contributed by atoms with E-state index in [0.717, 1.165) is 0 Å². The average molecular weight is 267 g/mol. The number of carboxylic acids is 1. The summed E-state index contributed by atoms with van der Waals surface area (Å²) in [4.78, 5) is 23.8. The van der Waals surface area contributed by atoms with Crippen LogP contribution in [0.1, 0.15) is 32.6 Å². The molecule has 0 spiro atoms. The Balaban J connectivity index is 2.43. The van der Waals surface area contributed by atoms with Crippen molar-refractivity contribution < 1.29 is 27.9 Å². The molecule has 18 heavy (non-hydrogen) atoms. The Bertz CT molecular complexity index is 333. The normalized spacial score (nSPS) is 19.7. The van der Waals surface area contributed by atoms with Gasteiger partial charge in [-0.05, 0) is 19.8 Å². The van der Waals surface area contributed by atoms with Crippen LogP contribution in [0.3, 0.4) is 0 Å². The molecule has 0 unspecified atom stereocenters. The summed E-state index contributed by atoms with van der Waals surface area (Å²) >= 11 is 0. The number of nitrogens with zero attached hydrogens (tertiary/aromatic N) is 1. The lowest BCUT2D eigenvalue weighted by atomic mass is 9.80. The number of carbonyl (C=O) groups is 2. The Morgan fingerprint density at radius 3 is 2.17 bits per heavy atom. The topological polar surface area (TPSA) is 57.6 Å². The molecule has 0 aromatic carbocycles. The predicted molar refractivity (Wildman–Crippen MR) is 56.8 cm³/mol. The second-order valence-electron chi connectivity index (χ2n) is 4.86. The zero-order chi connectivity index (χ0) is 14.0. The minimum atomic E-state index is -4.33. The van der Waals surface area contributed by atoms with Gasteiger partial charge in [-0.25, -0.2) is 0 Å². The summed E-state index contributed by atoms with van der Waals surface area (Å²) in [6.07, 6.45) is -5.47. The minimum absolute atomic E-state index is 0.208. The first kappa shape index (κ1) is 14.8. The molecule has 1 rings (SSSR count). The van der Waals surface area contributed by atoms with E-state index >= 15 is 0 Å². The van der Waals surface area contributed by atoms with Crippen LogP contribution in [-0.2, 0) is 9.59 Å². The van der Waals surface area contributed by atoms with E-state index < -0.39 is 36.3 Å². The quantitative estimate of drug-likeness (QED) is 0.851. The largest absolute Gasteiger partial charge is 0.481 e. The van der Waals surface area contributed by atoms with E-state index in [2.05, 4.69) is 0 Å². The Hall–Kier alpha value is -1.27. The van der Waals surface area contributed by atoms with Crippen LogP contribution >= 0.6 is 0 Å². The van der Waals surface area contributed by atoms with Crippen LogP contribution < -0.4 is 0 Å². The van der Waals surface area contributed by atoms with Crippen LogP contribution in [0.25, 0.3) is 0 Å². The molecule has 104 valence electrons. The Kier molecular flexibility index (Phi) is 4.24. The number of alkyl halides is 3. The molecule has 1 N–H and O–H groups in total. The third kappa shape index (κ3) is 3.89. The van der Waals surface area contributed by atoms with Crippen molar-refractivity contribution in [2.24, 2.45) is 5.41 Å². The van der Waals surface area contributed by atoms with Gasteiger partial charge in [-0.15, -0.1) is 0 Å². The lowest BCUT2D eigenvalue weighted by Gasteiger charge is -2.36. The van der Waals surface area contributed by atoms with Crippen molar-refractivity contribution in [3.05, 3.63) is 0 Å². The van der Waals surface area contributed by atoms with E-state index in [1.165, 1.54) is 4.90 Å². The van der Waals surface area contributed by atoms with Crippen molar-refractivity contribution in [3.8, 4) is 0 Å². The second kappa shape index (κ2) is 5.16. The molecule has 0 radical (unpaired) electrons. The Labute approximate surface area is 103 Å². The number of rotatable bonds is 3. The summed E-state index contributed by atoms with van der Waals surface area (Å²) in [5.74, 6) is -1.48. The lowest BCUT2D eigenvalue weighted by Crippen LogP contribution is -2.45. The molecule has 1 amide bonds. The molecule has 0 aliphatic carbocycles. The first-order valence-corrected chi connectivity index (χ1v) is 5.72. The standard InChI is InChI=1S/C11H16F3NO3/c1-10(9(17)18)4-6-15(7-5-10)8(16)2-3-11(12,13)14/h2-7H2,1H3,(H,17,18).